The molecule has 0 aromatic carbocycles. The first-order valence-corrected chi connectivity index (χ1v) is 2.66. The van der Waals surface area contributed by atoms with E-state index in [4.69, 9.17) is 0 Å². The zero-order chi connectivity index (χ0) is 7.49. The predicted molar refractivity (Wildman–Crippen MR) is 32.9 cm³/mol. The van der Waals surface area contributed by atoms with Crippen molar-refractivity contribution in [1.29, 1.82) is 0 Å². The van der Waals surface area contributed by atoms with Gasteiger partial charge in [0.05, 0.1) is 0 Å². The lowest BCUT2D eigenvalue weighted by atomic mass is 9.95. The van der Waals surface area contributed by atoms with Gasteiger partial charge in [0.25, 0.3) is 0 Å². The molecule has 2 nitrogen and oxygen atoms in total. The van der Waals surface area contributed by atoms with E-state index in [1.807, 2.05) is 0 Å². The molecule has 0 unspecified atom stereocenters. The molecule has 0 N–H and O–H groups in total. The van der Waals surface area contributed by atoms with Gasteiger partial charge in [-0.2, -0.15) is 0 Å². The molecule has 0 aromatic heterocycles. The number of rotatable bonds is 1. The van der Waals surface area contributed by atoms with Crippen LogP contribution in [0.4, 0.5) is 0 Å². The number of hydrogen-bond acceptors (Lipinski definition) is 1. The van der Waals surface area contributed by atoms with E-state index in [0.29, 0.717) is 0 Å². The minimum Gasteiger partial charge on any atom is -0.246 e. The number of carbonyl (C=O) groups is 1. The van der Waals surface area contributed by atoms with Gasteiger partial charge in [-0.05, 0) is 20.8 Å². The molecule has 0 saturated carbocycles. The molecule has 0 amide bonds. The van der Waals surface area contributed by atoms with E-state index in [9.17, 15) is 9.90 Å². The van der Waals surface area contributed by atoms with E-state index < -0.39 is 11.4 Å². The topological polar surface area (TPSA) is 37.0 Å². The second kappa shape index (κ2) is 2.54. The Hall–Kier alpha value is -0.970. The van der Waals surface area contributed by atoms with E-state index in [0.717, 1.165) is 0 Å². The standard InChI is InChI=1S/C7H9O2/c1-4-5-7(2,3)6(8)9/h1-3H3. The Bertz CT molecular complexity index is 169. The Labute approximate surface area is 54.9 Å². The maximum atomic E-state index is 10.2. The number of hydrogen-bond donors (Lipinski definition) is 0. The number of carbonyl (C=O) groups excluding carboxylic acids is 1. The van der Waals surface area contributed by atoms with Crippen LogP contribution in [0.5, 0.6) is 0 Å². The molecule has 0 aliphatic heterocycles. The summed E-state index contributed by atoms with van der Waals surface area (Å²) in [7, 11) is 0. The third-order valence-corrected chi connectivity index (χ3v) is 0.948. The monoisotopic (exact) mass is 125 g/mol. The quantitative estimate of drug-likeness (QED) is 0.481. The van der Waals surface area contributed by atoms with Gasteiger partial charge in [-0.1, -0.05) is 5.92 Å². The molecule has 0 aromatic rings. The van der Waals surface area contributed by atoms with Gasteiger partial charge in [0.15, 0.2) is 0 Å². The van der Waals surface area contributed by atoms with Crippen molar-refractivity contribution >= 4 is 5.97 Å². The molecule has 0 saturated heterocycles. The van der Waals surface area contributed by atoms with E-state index in [1.54, 1.807) is 6.92 Å². The lowest BCUT2D eigenvalue weighted by Gasteiger charge is -2.06. The van der Waals surface area contributed by atoms with Crippen LogP contribution in [0.1, 0.15) is 20.8 Å². The summed E-state index contributed by atoms with van der Waals surface area (Å²) in [4.78, 5) is 10.2. The average Bonchev–Trinajstić information content (AvgIpc) is 1.65. The molecule has 0 spiro atoms. The molecule has 49 valence electrons. The van der Waals surface area contributed by atoms with Crippen LogP contribution in [0.15, 0.2) is 0 Å². The zero-order valence-corrected chi connectivity index (χ0v) is 5.82. The minimum atomic E-state index is -1.13. The molecule has 0 rings (SSSR count). The highest BCUT2D eigenvalue weighted by Crippen LogP contribution is 2.12. The molecule has 0 aliphatic rings. The highest BCUT2D eigenvalue weighted by molar-refractivity contribution is 5.77. The van der Waals surface area contributed by atoms with Gasteiger partial charge >= 0.3 is 5.97 Å². The van der Waals surface area contributed by atoms with Crippen molar-refractivity contribution in [2.75, 3.05) is 0 Å². The molecule has 0 fully saturated rings. The van der Waals surface area contributed by atoms with Crippen LogP contribution >= 0.6 is 0 Å². The van der Waals surface area contributed by atoms with Crippen molar-refractivity contribution < 1.29 is 9.90 Å². The van der Waals surface area contributed by atoms with Gasteiger partial charge in [0.2, 0.25) is 0 Å². The lowest BCUT2D eigenvalue weighted by molar-refractivity contribution is -0.150. The van der Waals surface area contributed by atoms with Crippen LogP contribution in [0, 0.1) is 17.3 Å². The third kappa shape index (κ3) is 2.18. The summed E-state index contributed by atoms with van der Waals surface area (Å²) < 4.78 is 0. The highest BCUT2D eigenvalue weighted by atomic mass is 16.4. The lowest BCUT2D eigenvalue weighted by Crippen LogP contribution is -2.19. The summed E-state index contributed by atoms with van der Waals surface area (Å²) in [6.07, 6.45) is 0. The van der Waals surface area contributed by atoms with Crippen molar-refractivity contribution in [3.63, 3.8) is 0 Å². The molecule has 9 heavy (non-hydrogen) atoms. The third-order valence-electron chi connectivity index (χ3n) is 0.948. The van der Waals surface area contributed by atoms with Crippen LogP contribution in [0.25, 0.3) is 0 Å². The van der Waals surface area contributed by atoms with E-state index in [1.165, 1.54) is 13.8 Å². The van der Waals surface area contributed by atoms with Crippen LogP contribution in [-0.2, 0) is 9.90 Å². The summed E-state index contributed by atoms with van der Waals surface area (Å²) >= 11 is 0. The Balaban J connectivity index is 4.32. The highest BCUT2D eigenvalue weighted by Gasteiger charge is 2.25. The van der Waals surface area contributed by atoms with Crippen LogP contribution in [-0.4, -0.2) is 5.97 Å². The normalized spacial score (nSPS) is 9.67. The molecule has 0 heterocycles. The van der Waals surface area contributed by atoms with Gasteiger partial charge in [-0.15, -0.1) is 5.92 Å². The van der Waals surface area contributed by atoms with Crippen molar-refractivity contribution in [3.8, 4) is 11.8 Å². The summed E-state index contributed by atoms with van der Waals surface area (Å²) in [6.45, 7) is 4.63. The summed E-state index contributed by atoms with van der Waals surface area (Å²) in [5.74, 6) is 3.90. The average molecular weight is 125 g/mol. The van der Waals surface area contributed by atoms with E-state index >= 15 is 0 Å². The Morgan fingerprint density at radius 3 is 2.00 bits per heavy atom. The van der Waals surface area contributed by atoms with Crippen molar-refractivity contribution in [2.45, 2.75) is 20.8 Å². The van der Waals surface area contributed by atoms with Crippen molar-refractivity contribution in [3.05, 3.63) is 0 Å². The first-order chi connectivity index (χ1) is 4.00. The minimum absolute atomic E-state index is 1.01. The largest absolute Gasteiger partial charge is 0.372 e. The van der Waals surface area contributed by atoms with Crippen molar-refractivity contribution in [1.82, 2.24) is 0 Å². The summed E-state index contributed by atoms with van der Waals surface area (Å²) in [5.41, 5.74) is -1.01. The van der Waals surface area contributed by atoms with Crippen LogP contribution in [0.2, 0.25) is 0 Å². The molecule has 0 bridgehead atoms. The fourth-order valence-electron chi connectivity index (χ4n) is 0.364. The molecule has 0 atom stereocenters. The van der Waals surface area contributed by atoms with Crippen molar-refractivity contribution in [2.24, 2.45) is 5.41 Å². The molecule has 2 heteroatoms. The molecular formula is C7H9O2. The summed E-state index contributed by atoms with van der Waals surface area (Å²) in [5, 5.41) is 10.2. The predicted octanol–water partition coefficient (Wildman–Crippen LogP) is 0.993. The zero-order valence-electron chi connectivity index (χ0n) is 5.82. The smallest absolute Gasteiger partial charge is 0.246 e. The SMILES string of the molecule is CC#CC(C)(C)C([O])=O. The van der Waals surface area contributed by atoms with Gasteiger partial charge < -0.3 is 0 Å². The van der Waals surface area contributed by atoms with Gasteiger partial charge in [-0.25, -0.2) is 9.90 Å². The second-order valence-corrected chi connectivity index (χ2v) is 2.29. The fraction of sp³-hybridized carbons (Fsp3) is 0.571. The second-order valence-electron chi connectivity index (χ2n) is 2.29. The van der Waals surface area contributed by atoms with Crippen LogP contribution in [0.3, 0.4) is 0 Å². The van der Waals surface area contributed by atoms with Gasteiger partial charge in [0, 0.05) is 0 Å². The summed E-state index contributed by atoms with van der Waals surface area (Å²) in [6, 6.07) is 0. The van der Waals surface area contributed by atoms with E-state index in [2.05, 4.69) is 11.8 Å². The first kappa shape index (κ1) is 8.03. The Kier molecular flexibility index (Phi) is 2.27. The first-order valence-electron chi connectivity index (χ1n) is 2.66. The van der Waals surface area contributed by atoms with Gasteiger partial charge in [0.1, 0.15) is 5.41 Å². The van der Waals surface area contributed by atoms with E-state index in [-0.39, 0.29) is 0 Å². The maximum Gasteiger partial charge on any atom is 0.372 e. The molecular weight excluding hydrogens is 116 g/mol. The van der Waals surface area contributed by atoms with Crippen LogP contribution < -0.4 is 0 Å². The van der Waals surface area contributed by atoms with Gasteiger partial charge in [-0.3, -0.25) is 0 Å². The molecule has 1 radical (unpaired) electrons. The maximum absolute atomic E-state index is 10.2. The Morgan fingerprint density at radius 2 is 1.89 bits per heavy atom. The fourth-order valence-corrected chi connectivity index (χ4v) is 0.364. The molecule has 0 aliphatic carbocycles. The Morgan fingerprint density at radius 1 is 1.44 bits per heavy atom.